The number of hydrogen-bond donors (Lipinski definition) is 1. The number of piperidine rings is 1. The maximum absolute atomic E-state index is 13.3. The van der Waals surface area contributed by atoms with Crippen molar-refractivity contribution in [2.45, 2.75) is 12.8 Å². The van der Waals surface area contributed by atoms with E-state index in [2.05, 4.69) is 0 Å². The number of carbonyl (C=O) groups excluding carboxylic acids is 1. The van der Waals surface area contributed by atoms with Gasteiger partial charge >= 0.3 is 5.97 Å². The van der Waals surface area contributed by atoms with Crippen LogP contribution in [0.2, 0.25) is 0 Å². The van der Waals surface area contributed by atoms with Crippen LogP contribution < -0.4 is 4.74 Å². The molecule has 0 spiro atoms. The number of likely N-dealkylation sites (tertiary alicyclic amines) is 1. The highest BCUT2D eigenvalue weighted by Crippen LogP contribution is 2.19. The molecule has 1 fully saturated rings. The van der Waals surface area contributed by atoms with Crippen molar-refractivity contribution in [3.8, 4) is 5.75 Å². The molecule has 0 aliphatic carbocycles. The fraction of sp³-hybridized carbons (Fsp3) is 0.429. The highest BCUT2D eigenvalue weighted by Gasteiger charge is 2.28. The molecule has 1 aromatic carbocycles. The van der Waals surface area contributed by atoms with E-state index in [-0.39, 0.29) is 12.3 Å². The van der Waals surface area contributed by atoms with Gasteiger partial charge in [0.2, 0.25) is 0 Å². The minimum absolute atomic E-state index is 0.128. The highest BCUT2D eigenvalue weighted by molar-refractivity contribution is 5.79. The van der Waals surface area contributed by atoms with Crippen LogP contribution in [0, 0.1) is 17.6 Å². The monoisotopic (exact) mass is 299 g/mol. The van der Waals surface area contributed by atoms with E-state index in [0.717, 1.165) is 12.1 Å². The van der Waals surface area contributed by atoms with Crippen molar-refractivity contribution in [3.63, 3.8) is 0 Å². The lowest BCUT2D eigenvalue weighted by molar-refractivity contribution is -0.146. The van der Waals surface area contributed by atoms with Gasteiger partial charge in [-0.15, -0.1) is 0 Å². The highest BCUT2D eigenvalue weighted by atomic mass is 19.1. The maximum Gasteiger partial charge on any atom is 0.308 e. The van der Waals surface area contributed by atoms with Crippen LogP contribution in [0.4, 0.5) is 8.78 Å². The topological polar surface area (TPSA) is 66.8 Å². The lowest BCUT2D eigenvalue weighted by Crippen LogP contribution is -2.44. The molecule has 1 aromatic rings. The Morgan fingerprint density at radius 1 is 1.38 bits per heavy atom. The molecule has 1 atom stereocenters. The van der Waals surface area contributed by atoms with Crippen LogP contribution in [-0.4, -0.2) is 41.6 Å². The number of rotatable bonds is 4. The van der Waals surface area contributed by atoms with Gasteiger partial charge in [0, 0.05) is 19.2 Å². The van der Waals surface area contributed by atoms with Crippen LogP contribution in [0.1, 0.15) is 12.8 Å². The lowest BCUT2D eigenvalue weighted by atomic mass is 9.98. The smallest absolute Gasteiger partial charge is 0.308 e. The molecule has 1 amide bonds. The Balaban J connectivity index is 1.90. The Labute approximate surface area is 120 Å². The number of benzene rings is 1. The van der Waals surface area contributed by atoms with Crippen molar-refractivity contribution in [1.82, 2.24) is 4.90 Å². The predicted molar refractivity (Wildman–Crippen MR) is 68.8 cm³/mol. The van der Waals surface area contributed by atoms with Gasteiger partial charge in [-0.1, -0.05) is 0 Å². The van der Waals surface area contributed by atoms with Gasteiger partial charge in [0.1, 0.15) is 5.82 Å². The third-order valence-corrected chi connectivity index (χ3v) is 3.37. The fourth-order valence-corrected chi connectivity index (χ4v) is 2.23. The first-order valence-electron chi connectivity index (χ1n) is 6.56. The normalized spacial score (nSPS) is 18.4. The van der Waals surface area contributed by atoms with Crippen LogP contribution in [-0.2, 0) is 9.59 Å². The van der Waals surface area contributed by atoms with Crippen LogP contribution in [0.25, 0.3) is 0 Å². The summed E-state index contributed by atoms with van der Waals surface area (Å²) in [5.74, 6) is -3.75. The van der Waals surface area contributed by atoms with E-state index >= 15 is 0 Å². The second kappa shape index (κ2) is 6.51. The van der Waals surface area contributed by atoms with Crippen LogP contribution >= 0.6 is 0 Å². The van der Waals surface area contributed by atoms with E-state index in [4.69, 9.17) is 9.84 Å². The Hall–Kier alpha value is -2.18. The average Bonchev–Trinajstić information content (AvgIpc) is 2.46. The zero-order valence-corrected chi connectivity index (χ0v) is 11.2. The van der Waals surface area contributed by atoms with E-state index in [1.54, 1.807) is 0 Å². The summed E-state index contributed by atoms with van der Waals surface area (Å²) >= 11 is 0. The van der Waals surface area contributed by atoms with Gasteiger partial charge < -0.3 is 14.7 Å². The van der Waals surface area contributed by atoms with Crippen molar-refractivity contribution in [3.05, 3.63) is 29.8 Å². The number of carbonyl (C=O) groups is 2. The Kier molecular flexibility index (Phi) is 4.72. The molecule has 1 N–H and O–H groups in total. The number of carboxylic acid groups (broad SMARTS) is 1. The Morgan fingerprint density at radius 2 is 2.14 bits per heavy atom. The first-order chi connectivity index (χ1) is 9.97. The average molecular weight is 299 g/mol. The van der Waals surface area contributed by atoms with Gasteiger partial charge in [0.05, 0.1) is 5.92 Å². The molecule has 0 bridgehead atoms. The molecular formula is C14H15F2NO4. The molecule has 114 valence electrons. The zero-order valence-electron chi connectivity index (χ0n) is 11.2. The van der Waals surface area contributed by atoms with Crippen molar-refractivity contribution < 1.29 is 28.2 Å². The molecule has 1 aliphatic heterocycles. The Bertz CT molecular complexity index is 550. The molecule has 21 heavy (non-hydrogen) atoms. The molecule has 0 aromatic heterocycles. The van der Waals surface area contributed by atoms with E-state index in [1.165, 1.54) is 4.90 Å². The predicted octanol–water partition coefficient (Wildman–Crippen LogP) is 1.67. The van der Waals surface area contributed by atoms with Crippen LogP contribution in [0.3, 0.4) is 0 Å². The van der Waals surface area contributed by atoms with Crippen LogP contribution in [0.15, 0.2) is 18.2 Å². The number of amides is 1. The summed E-state index contributed by atoms with van der Waals surface area (Å²) in [5, 5.41) is 8.95. The number of nitrogens with zero attached hydrogens (tertiary/aromatic N) is 1. The standard InChI is InChI=1S/C14H15F2NO4/c15-10-3-4-12(11(16)6-10)21-8-13(18)17-5-1-2-9(7-17)14(19)20/h3-4,6,9H,1-2,5,7-8H2,(H,19,20)/t9-/m0/s1. The molecule has 1 aliphatic rings. The van der Waals surface area contributed by atoms with Crippen molar-refractivity contribution in [2.75, 3.05) is 19.7 Å². The molecule has 7 heteroatoms. The van der Waals surface area contributed by atoms with E-state index in [0.29, 0.717) is 25.5 Å². The number of ether oxygens (including phenoxy) is 1. The van der Waals surface area contributed by atoms with E-state index < -0.39 is 36.0 Å². The molecule has 5 nitrogen and oxygen atoms in total. The summed E-state index contributed by atoms with van der Waals surface area (Å²) in [4.78, 5) is 24.2. The summed E-state index contributed by atoms with van der Waals surface area (Å²) in [6.45, 7) is 0.177. The third kappa shape index (κ3) is 3.90. The minimum atomic E-state index is -0.932. The zero-order chi connectivity index (χ0) is 15.4. The first kappa shape index (κ1) is 15.2. The fourth-order valence-electron chi connectivity index (χ4n) is 2.23. The number of aliphatic carboxylic acids is 1. The summed E-state index contributed by atoms with van der Waals surface area (Å²) in [5.41, 5.74) is 0. The third-order valence-electron chi connectivity index (χ3n) is 3.37. The number of hydrogen-bond acceptors (Lipinski definition) is 3. The summed E-state index contributed by atoms with van der Waals surface area (Å²) in [7, 11) is 0. The summed E-state index contributed by atoms with van der Waals surface area (Å²) in [6, 6.07) is 2.81. The largest absolute Gasteiger partial charge is 0.481 e. The van der Waals surface area contributed by atoms with Crippen molar-refractivity contribution >= 4 is 11.9 Å². The molecular weight excluding hydrogens is 284 g/mol. The SMILES string of the molecule is O=C(O)[C@H]1CCCN(C(=O)COc2ccc(F)cc2F)C1. The van der Waals surface area contributed by atoms with Crippen molar-refractivity contribution in [1.29, 1.82) is 0 Å². The van der Waals surface area contributed by atoms with Gasteiger partial charge in [-0.05, 0) is 25.0 Å². The quantitative estimate of drug-likeness (QED) is 0.918. The molecule has 0 radical (unpaired) electrons. The molecule has 0 unspecified atom stereocenters. The maximum atomic E-state index is 13.3. The van der Waals surface area contributed by atoms with E-state index in [9.17, 15) is 18.4 Å². The molecule has 0 saturated carbocycles. The summed E-state index contributed by atoms with van der Waals surface area (Å²) < 4.78 is 31.1. The van der Waals surface area contributed by atoms with Crippen molar-refractivity contribution in [2.24, 2.45) is 5.92 Å². The Morgan fingerprint density at radius 3 is 2.81 bits per heavy atom. The second-order valence-electron chi connectivity index (χ2n) is 4.88. The molecule has 1 heterocycles. The molecule has 1 saturated heterocycles. The van der Waals surface area contributed by atoms with Gasteiger partial charge in [-0.25, -0.2) is 8.78 Å². The van der Waals surface area contributed by atoms with E-state index in [1.807, 2.05) is 0 Å². The second-order valence-corrected chi connectivity index (χ2v) is 4.88. The van der Waals surface area contributed by atoms with Gasteiger partial charge in [0.15, 0.2) is 18.2 Å². The minimum Gasteiger partial charge on any atom is -0.481 e. The van der Waals surface area contributed by atoms with Gasteiger partial charge in [0.25, 0.3) is 5.91 Å². The van der Waals surface area contributed by atoms with Crippen LogP contribution in [0.5, 0.6) is 5.75 Å². The lowest BCUT2D eigenvalue weighted by Gasteiger charge is -2.30. The van der Waals surface area contributed by atoms with Gasteiger partial charge in [-0.3, -0.25) is 9.59 Å². The first-order valence-corrected chi connectivity index (χ1v) is 6.56. The molecule has 2 rings (SSSR count). The van der Waals surface area contributed by atoms with Gasteiger partial charge in [-0.2, -0.15) is 0 Å². The number of carboxylic acids is 1. The summed E-state index contributed by atoms with van der Waals surface area (Å²) in [6.07, 6.45) is 1.14. The number of halogens is 2.